The van der Waals surface area contributed by atoms with Crippen molar-refractivity contribution in [3.05, 3.63) is 28.2 Å². The van der Waals surface area contributed by atoms with Gasteiger partial charge in [-0.2, -0.15) is 13.2 Å². The maximum absolute atomic E-state index is 13.2. The number of alkyl halides is 3. The molecular formula is C13H15BBrF3O2. The molecule has 2 rings (SSSR count). The molecule has 1 fully saturated rings. The van der Waals surface area contributed by atoms with Crippen LogP contribution in [0.4, 0.5) is 13.2 Å². The SMILES string of the molecule is [2H]c1c(Br)c([2H])c(C(F)(F)F)c([2H])c1B1OC(C)(C)C(C)(C)O1. The topological polar surface area (TPSA) is 18.5 Å². The quantitative estimate of drug-likeness (QED) is 0.715. The summed E-state index contributed by atoms with van der Waals surface area (Å²) in [5, 5.41) is 0. The Kier molecular flexibility index (Phi) is 2.86. The highest BCUT2D eigenvalue weighted by Gasteiger charge is 2.52. The first-order chi connectivity index (χ1) is 10.2. The zero-order valence-corrected chi connectivity index (χ0v) is 13.0. The predicted molar refractivity (Wildman–Crippen MR) is 74.9 cm³/mol. The lowest BCUT2D eigenvalue weighted by atomic mass is 9.78. The number of hydrogen-bond donors (Lipinski definition) is 0. The molecule has 1 aromatic carbocycles. The van der Waals surface area contributed by atoms with E-state index in [1.165, 1.54) is 0 Å². The minimum absolute atomic E-state index is 0.334. The summed E-state index contributed by atoms with van der Waals surface area (Å²) < 4.78 is 74.0. The second-order valence-corrected chi connectivity index (χ2v) is 6.36. The molecule has 20 heavy (non-hydrogen) atoms. The lowest BCUT2D eigenvalue weighted by molar-refractivity contribution is -0.137. The van der Waals surface area contributed by atoms with Crippen molar-refractivity contribution in [3.63, 3.8) is 0 Å². The number of halogens is 4. The van der Waals surface area contributed by atoms with Crippen molar-refractivity contribution in [2.24, 2.45) is 0 Å². The number of hydrogen-bond acceptors (Lipinski definition) is 2. The molecular weight excluding hydrogens is 336 g/mol. The Morgan fingerprint density at radius 1 is 1.10 bits per heavy atom. The monoisotopic (exact) mass is 353 g/mol. The molecule has 2 nitrogen and oxygen atoms in total. The van der Waals surface area contributed by atoms with E-state index in [4.69, 9.17) is 13.4 Å². The highest BCUT2D eigenvalue weighted by Crippen LogP contribution is 2.37. The van der Waals surface area contributed by atoms with Crippen LogP contribution in [-0.2, 0) is 15.5 Å². The van der Waals surface area contributed by atoms with Crippen LogP contribution < -0.4 is 5.46 Å². The van der Waals surface area contributed by atoms with Gasteiger partial charge in [0.1, 0.15) is 0 Å². The summed E-state index contributed by atoms with van der Waals surface area (Å²) in [5.41, 5.74) is -3.38. The van der Waals surface area contributed by atoms with E-state index < -0.39 is 48.2 Å². The molecule has 0 radical (unpaired) electrons. The maximum Gasteiger partial charge on any atom is 0.494 e. The molecule has 0 aromatic heterocycles. The predicted octanol–water partition coefficient (Wildman–Crippen LogP) is 3.77. The Bertz CT molecular complexity index is 649. The van der Waals surface area contributed by atoms with Crippen molar-refractivity contribution in [3.8, 4) is 0 Å². The molecule has 1 aliphatic rings. The van der Waals surface area contributed by atoms with Gasteiger partial charge in [0.15, 0.2) is 0 Å². The van der Waals surface area contributed by atoms with Gasteiger partial charge in [-0.05, 0) is 45.2 Å². The Labute approximate surface area is 129 Å². The van der Waals surface area contributed by atoms with Crippen LogP contribution in [0.25, 0.3) is 0 Å². The first kappa shape index (κ1) is 12.1. The zero-order chi connectivity index (χ0) is 18.0. The third-order valence-corrected chi connectivity index (χ3v) is 3.91. The lowest BCUT2D eigenvalue weighted by Crippen LogP contribution is -2.41. The molecule has 0 saturated carbocycles. The van der Waals surface area contributed by atoms with Gasteiger partial charge in [0.25, 0.3) is 0 Å². The molecule has 0 amide bonds. The Morgan fingerprint density at radius 3 is 2.05 bits per heavy atom. The summed E-state index contributed by atoms with van der Waals surface area (Å²) in [4.78, 5) is 0. The normalized spacial score (nSPS) is 23.4. The molecule has 0 atom stereocenters. The molecule has 0 aliphatic carbocycles. The standard InChI is InChI=1S/C13H15BBrF3O2/c1-11(2)12(3,4)20-14(19-11)9-5-8(13(16,17)18)6-10(15)7-9/h5-7H,1-4H3/i5D,6D,7D. The van der Waals surface area contributed by atoms with Crippen molar-refractivity contribution in [1.29, 1.82) is 0 Å². The minimum atomic E-state index is -4.89. The second kappa shape index (κ2) is 4.75. The molecule has 0 bridgehead atoms. The fourth-order valence-corrected chi connectivity index (χ4v) is 2.09. The average molecular weight is 354 g/mol. The fraction of sp³-hybridized carbons (Fsp3) is 0.538. The van der Waals surface area contributed by atoms with Gasteiger partial charge in [-0.15, -0.1) is 0 Å². The van der Waals surface area contributed by atoms with Crippen LogP contribution in [0.3, 0.4) is 0 Å². The van der Waals surface area contributed by atoms with E-state index in [-0.39, 0.29) is 9.94 Å². The van der Waals surface area contributed by atoms with E-state index >= 15 is 0 Å². The zero-order valence-electron chi connectivity index (χ0n) is 14.4. The summed E-state index contributed by atoms with van der Waals surface area (Å²) in [6.45, 7) is 6.88. The van der Waals surface area contributed by atoms with Gasteiger partial charge in [-0.25, -0.2) is 0 Å². The van der Waals surface area contributed by atoms with Gasteiger partial charge in [-0.3, -0.25) is 0 Å². The summed E-state index contributed by atoms with van der Waals surface area (Å²) in [6.07, 6.45) is -4.89. The molecule has 0 N–H and O–H groups in total. The van der Waals surface area contributed by atoms with E-state index in [9.17, 15) is 13.2 Å². The van der Waals surface area contributed by atoms with Gasteiger partial charge < -0.3 is 9.31 Å². The Hall–Kier alpha value is -0.525. The molecule has 1 aromatic rings. The summed E-state index contributed by atoms with van der Waals surface area (Å²) in [7, 11) is -1.28. The Balaban J connectivity index is 2.68. The van der Waals surface area contributed by atoms with Crippen molar-refractivity contribution < 1.29 is 26.6 Å². The largest absolute Gasteiger partial charge is 0.494 e. The molecule has 0 spiro atoms. The summed E-state index contributed by atoms with van der Waals surface area (Å²) in [5.74, 6) is 0. The molecule has 1 aliphatic heterocycles. The van der Waals surface area contributed by atoms with Gasteiger partial charge in [0, 0.05) is 4.47 Å². The highest BCUT2D eigenvalue weighted by molar-refractivity contribution is 9.10. The average Bonchev–Trinajstić information content (AvgIpc) is 2.53. The molecule has 7 heteroatoms. The third-order valence-electron chi connectivity index (χ3n) is 3.51. The molecule has 110 valence electrons. The molecule has 0 unspecified atom stereocenters. The van der Waals surface area contributed by atoms with Crippen LogP contribution in [0.5, 0.6) is 0 Å². The van der Waals surface area contributed by atoms with Crippen LogP contribution >= 0.6 is 15.9 Å². The first-order valence-corrected chi connectivity index (χ1v) is 6.72. The molecule has 1 saturated heterocycles. The summed E-state index contributed by atoms with van der Waals surface area (Å²) >= 11 is 2.84. The van der Waals surface area contributed by atoms with E-state index in [1.54, 1.807) is 27.7 Å². The van der Waals surface area contributed by atoms with Crippen molar-refractivity contribution in [2.75, 3.05) is 0 Å². The van der Waals surface area contributed by atoms with E-state index in [0.29, 0.717) is 0 Å². The van der Waals surface area contributed by atoms with Gasteiger partial charge in [0.05, 0.1) is 20.9 Å². The van der Waals surface area contributed by atoms with Crippen LogP contribution in [0.1, 0.15) is 37.4 Å². The summed E-state index contributed by atoms with van der Waals surface area (Å²) in [6, 6.07) is -2.31. The maximum atomic E-state index is 13.2. The molecule has 1 heterocycles. The highest BCUT2D eigenvalue weighted by atomic mass is 79.9. The first-order valence-electron chi connectivity index (χ1n) is 7.42. The van der Waals surface area contributed by atoms with Crippen molar-refractivity contribution in [2.45, 2.75) is 45.1 Å². The minimum Gasteiger partial charge on any atom is -0.399 e. The fourth-order valence-electron chi connectivity index (χ4n) is 1.68. The van der Waals surface area contributed by atoms with Gasteiger partial charge in [0.2, 0.25) is 0 Å². The van der Waals surface area contributed by atoms with E-state index in [2.05, 4.69) is 15.9 Å². The van der Waals surface area contributed by atoms with Crippen LogP contribution in [0.2, 0.25) is 0 Å². The van der Waals surface area contributed by atoms with Crippen molar-refractivity contribution in [1.82, 2.24) is 0 Å². The van der Waals surface area contributed by atoms with Crippen molar-refractivity contribution >= 4 is 28.5 Å². The van der Waals surface area contributed by atoms with Crippen LogP contribution in [0, 0.1) is 0 Å². The van der Waals surface area contributed by atoms with Gasteiger partial charge >= 0.3 is 13.3 Å². The number of rotatable bonds is 1. The smallest absolute Gasteiger partial charge is 0.399 e. The lowest BCUT2D eigenvalue weighted by Gasteiger charge is -2.32. The van der Waals surface area contributed by atoms with Gasteiger partial charge in [-0.1, -0.05) is 22.0 Å². The third kappa shape index (κ3) is 2.90. The number of benzene rings is 1. The van der Waals surface area contributed by atoms with Crippen LogP contribution in [0.15, 0.2) is 22.6 Å². The van der Waals surface area contributed by atoms with E-state index in [0.717, 1.165) is 0 Å². The van der Waals surface area contributed by atoms with E-state index in [1.807, 2.05) is 0 Å². The van der Waals surface area contributed by atoms with Crippen LogP contribution in [-0.4, -0.2) is 18.3 Å². The second-order valence-electron chi connectivity index (χ2n) is 5.56. The Morgan fingerprint density at radius 2 is 1.60 bits per heavy atom.